The molecule has 9 heteroatoms. The van der Waals surface area contributed by atoms with Crippen LogP contribution in [0.1, 0.15) is 39.4 Å². The number of carbonyl (C=O) groups is 1. The van der Waals surface area contributed by atoms with Crippen molar-refractivity contribution in [2.45, 2.75) is 45.3 Å². The number of carbonyl (C=O) groups excluding carboxylic acids is 1. The molecule has 0 radical (unpaired) electrons. The molecule has 1 aromatic rings. The molecule has 1 amide bonds. The zero-order valence-corrected chi connectivity index (χ0v) is 18.9. The molecule has 1 atom stereocenters. The van der Waals surface area contributed by atoms with E-state index in [-0.39, 0.29) is 18.0 Å². The molecule has 0 N–H and O–H groups in total. The number of aromatic nitrogens is 2. The quantitative estimate of drug-likeness (QED) is 0.673. The van der Waals surface area contributed by atoms with E-state index in [9.17, 15) is 10.1 Å². The Kier molecular flexibility index (Phi) is 8.47. The zero-order valence-electron chi connectivity index (χ0n) is 18.9. The van der Waals surface area contributed by atoms with Crippen LogP contribution in [0, 0.1) is 24.2 Å². The predicted octanol–water partition coefficient (Wildman–Crippen LogP) is 2.13. The second kappa shape index (κ2) is 10.8. The first-order valence-electron chi connectivity index (χ1n) is 10.4. The molecule has 0 unspecified atom stereocenters. The number of rotatable bonds is 4. The van der Waals surface area contributed by atoms with Gasteiger partial charge in [-0.1, -0.05) is 0 Å². The normalized spacial score (nSPS) is 19.2. The van der Waals surface area contributed by atoms with Crippen molar-refractivity contribution in [3.8, 4) is 24.8 Å². The minimum atomic E-state index is -0.531. The van der Waals surface area contributed by atoms with E-state index in [1.54, 1.807) is 11.0 Å². The summed E-state index contributed by atoms with van der Waals surface area (Å²) in [6.07, 6.45) is 9.44. The van der Waals surface area contributed by atoms with Gasteiger partial charge in [0.25, 0.3) is 0 Å². The molecule has 0 saturated carbocycles. The maximum atomic E-state index is 12.4. The summed E-state index contributed by atoms with van der Waals surface area (Å²) >= 11 is 0. The lowest BCUT2D eigenvalue weighted by Gasteiger charge is -2.33. The van der Waals surface area contributed by atoms with Gasteiger partial charge in [0.05, 0.1) is 6.04 Å². The van der Waals surface area contributed by atoms with Gasteiger partial charge in [0, 0.05) is 38.8 Å². The number of hydrogen-bond donors (Lipinski definition) is 0. The number of anilines is 1. The molecule has 0 aliphatic carbocycles. The van der Waals surface area contributed by atoms with Crippen molar-refractivity contribution in [2.24, 2.45) is 0 Å². The fourth-order valence-electron chi connectivity index (χ4n) is 3.49. The van der Waals surface area contributed by atoms with Crippen LogP contribution >= 0.6 is 0 Å². The fourth-order valence-corrected chi connectivity index (χ4v) is 3.49. The molecular weight excluding hydrogens is 396 g/mol. The standard InChI is InChI=1S/C20H30N6O3.C2H2/c1-20(2,3)29-19(27)26-7-5-6-15(26)14-28-18-12-17(22-16(13-21)23-18)25-10-8-24(4)9-11-25;1-2/h12,15H,5-11,14H2,1-4H3;1-2H/t15-;/m0./s1. The average molecular weight is 429 g/mol. The Hall–Kier alpha value is -3.04. The van der Waals surface area contributed by atoms with Gasteiger partial charge in [-0.15, -0.1) is 12.8 Å². The van der Waals surface area contributed by atoms with E-state index in [1.807, 2.05) is 26.8 Å². The molecule has 1 aromatic heterocycles. The van der Waals surface area contributed by atoms with E-state index in [1.165, 1.54) is 0 Å². The topological polar surface area (TPSA) is 94.8 Å². The van der Waals surface area contributed by atoms with Crippen LogP contribution in [0.4, 0.5) is 10.6 Å². The number of likely N-dealkylation sites (N-methyl/N-ethyl adjacent to an activating group) is 1. The Bertz CT molecular complexity index is 806. The highest BCUT2D eigenvalue weighted by molar-refractivity contribution is 5.69. The minimum absolute atomic E-state index is 0.0718. The number of nitrogens with zero attached hydrogens (tertiary/aromatic N) is 6. The molecule has 168 valence electrons. The molecule has 2 aliphatic heterocycles. The largest absolute Gasteiger partial charge is 0.475 e. The van der Waals surface area contributed by atoms with Gasteiger partial charge in [0.1, 0.15) is 24.1 Å². The maximum Gasteiger partial charge on any atom is 0.410 e. The number of nitriles is 1. The molecular formula is C22H32N6O3. The molecule has 2 fully saturated rings. The van der Waals surface area contributed by atoms with Crippen molar-refractivity contribution in [2.75, 3.05) is 51.3 Å². The predicted molar refractivity (Wildman–Crippen MR) is 118 cm³/mol. The number of ether oxygens (including phenoxy) is 2. The fraction of sp³-hybridized carbons (Fsp3) is 0.636. The number of terminal acetylenes is 1. The highest BCUT2D eigenvalue weighted by atomic mass is 16.6. The van der Waals surface area contributed by atoms with Crippen LogP contribution in [0.25, 0.3) is 0 Å². The lowest BCUT2D eigenvalue weighted by atomic mass is 10.2. The van der Waals surface area contributed by atoms with E-state index >= 15 is 0 Å². The van der Waals surface area contributed by atoms with Crippen molar-refractivity contribution in [1.29, 1.82) is 5.26 Å². The van der Waals surface area contributed by atoms with Crippen LogP contribution in [-0.4, -0.2) is 83.9 Å². The summed E-state index contributed by atoms with van der Waals surface area (Å²) in [7, 11) is 2.09. The lowest BCUT2D eigenvalue weighted by molar-refractivity contribution is 0.0185. The van der Waals surface area contributed by atoms with Gasteiger partial charge in [-0.05, 0) is 40.7 Å². The highest BCUT2D eigenvalue weighted by Gasteiger charge is 2.32. The molecule has 0 bridgehead atoms. The summed E-state index contributed by atoms with van der Waals surface area (Å²) < 4.78 is 11.4. The van der Waals surface area contributed by atoms with Crippen molar-refractivity contribution in [3.05, 3.63) is 11.9 Å². The van der Waals surface area contributed by atoms with E-state index in [4.69, 9.17) is 9.47 Å². The SMILES string of the molecule is C#C.CN1CCN(c2cc(OC[C@@H]3CCCN3C(=O)OC(C)(C)C)nc(C#N)n2)CC1. The van der Waals surface area contributed by atoms with Crippen LogP contribution in [0.15, 0.2) is 6.07 Å². The molecule has 0 spiro atoms. The van der Waals surface area contributed by atoms with Crippen LogP contribution in [0.5, 0.6) is 5.88 Å². The summed E-state index contributed by atoms with van der Waals surface area (Å²) in [6.45, 7) is 10.1. The van der Waals surface area contributed by atoms with Crippen molar-refractivity contribution in [3.63, 3.8) is 0 Å². The van der Waals surface area contributed by atoms with Gasteiger partial charge in [0.15, 0.2) is 0 Å². The van der Waals surface area contributed by atoms with Crippen molar-refractivity contribution >= 4 is 11.9 Å². The Labute approximate surface area is 184 Å². The van der Waals surface area contributed by atoms with Crippen molar-refractivity contribution in [1.82, 2.24) is 19.8 Å². The number of amides is 1. The third-order valence-corrected chi connectivity index (χ3v) is 5.05. The van der Waals surface area contributed by atoms with Crippen LogP contribution < -0.4 is 9.64 Å². The van der Waals surface area contributed by atoms with Gasteiger partial charge < -0.3 is 24.2 Å². The van der Waals surface area contributed by atoms with Crippen LogP contribution in [-0.2, 0) is 4.74 Å². The van der Waals surface area contributed by atoms with E-state index < -0.39 is 5.60 Å². The third kappa shape index (κ3) is 7.01. The molecule has 2 aliphatic rings. The molecule has 2 saturated heterocycles. The summed E-state index contributed by atoms with van der Waals surface area (Å²) in [5.41, 5.74) is -0.531. The van der Waals surface area contributed by atoms with Gasteiger partial charge >= 0.3 is 6.09 Å². The Morgan fingerprint density at radius 1 is 1.23 bits per heavy atom. The zero-order chi connectivity index (χ0) is 23.0. The first-order valence-corrected chi connectivity index (χ1v) is 10.4. The average Bonchev–Trinajstić information content (AvgIpc) is 3.22. The van der Waals surface area contributed by atoms with Gasteiger partial charge in [-0.3, -0.25) is 0 Å². The summed E-state index contributed by atoms with van der Waals surface area (Å²) in [6, 6.07) is 3.72. The first kappa shape index (κ1) is 24.2. The third-order valence-electron chi connectivity index (χ3n) is 5.05. The second-order valence-electron chi connectivity index (χ2n) is 8.57. The Morgan fingerprint density at radius 2 is 1.90 bits per heavy atom. The lowest BCUT2D eigenvalue weighted by Crippen LogP contribution is -2.45. The van der Waals surface area contributed by atoms with Gasteiger partial charge in [0.2, 0.25) is 11.7 Å². The van der Waals surface area contributed by atoms with Gasteiger partial charge in [-0.2, -0.15) is 10.2 Å². The monoisotopic (exact) mass is 428 g/mol. The minimum Gasteiger partial charge on any atom is -0.475 e. The number of likely N-dealkylation sites (tertiary alicyclic amines) is 1. The Balaban J connectivity index is 0.00000166. The molecule has 0 aromatic carbocycles. The first-order chi connectivity index (χ1) is 14.7. The summed E-state index contributed by atoms with van der Waals surface area (Å²) in [5.74, 6) is 1.16. The van der Waals surface area contributed by atoms with Gasteiger partial charge in [-0.25, -0.2) is 9.78 Å². The van der Waals surface area contributed by atoms with Crippen LogP contribution in [0.2, 0.25) is 0 Å². The molecule has 31 heavy (non-hydrogen) atoms. The second-order valence-corrected chi connectivity index (χ2v) is 8.57. The van der Waals surface area contributed by atoms with E-state index in [2.05, 4.69) is 39.7 Å². The Morgan fingerprint density at radius 3 is 2.52 bits per heavy atom. The van der Waals surface area contributed by atoms with E-state index in [0.717, 1.165) is 39.0 Å². The van der Waals surface area contributed by atoms with Crippen molar-refractivity contribution < 1.29 is 14.3 Å². The molecule has 3 heterocycles. The highest BCUT2D eigenvalue weighted by Crippen LogP contribution is 2.23. The smallest absolute Gasteiger partial charge is 0.410 e. The molecule has 3 rings (SSSR count). The summed E-state index contributed by atoms with van der Waals surface area (Å²) in [4.78, 5) is 27.1. The number of piperazine rings is 1. The van der Waals surface area contributed by atoms with E-state index in [0.29, 0.717) is 24.8 Å². The maximum absolute atomic E-state index is 12.4. The molecule has 9 nitrogen and oxygen atoms in total. The number of hydrogen-bond acceptors (Lipinski definition) is 8. The summed E-state index contributed by atoms with van der Waals surface area (Å²) in [5, 5.41) is 9.30. The van der Waals surface area contributed by atoms with Crippen LogP contribution in [0.3, 0.4) is 0 Å².